The van der Waals surface area contributed by atoms with Crippen molar-refractivity contribution in [1.29, 1.82) is 0 Å². The van der Waals surface area contributed by atoms with Crippen LogP contribution >= 0.6 is 11.3 Å². The van der Waals surface area contributed by atoms with Gasteiger partial charge in [0.15, 0.2) is 0 Å². The molecular weight excluding hydrogens is 649 g/mol. The molecule has 52 heavy (non-hydrogen) atoms. The Morgan fingerprint density at radius 2 is 0.846 bits per heavy atom. The van der Waals surface area contributed by atoms with Gasteiger partial charge >= 0.3 is 0 Å². The summed E-state index contributed by atoms with van der Waals surface area (Å²) in [6, 6.07) is 70.1. The zero-order valence-corrected chi connectivity index (χ0v) is 30.1. The molecule has 7 aromatic carbocycles. The Labute approximate surface area is 310 Å². The van der Waals surface area contributed by atoms with Crippen LogP contribution in [-0.2, 0) is 5.41 Å². The highest BCUT2D eigenvalue weighted by atomic mass is 32.1. The van der Waals surface area contributed by atoms with Gasteiger partial charge in [-0.25, -0.2) is 0 Å². The van der Waals surface area contributed by atoms with E-state index in [1.165, 1.54) is 48.8 Å². The van der Waals surface area contributed by atoms with E-state index in [4.69, 9.17) is 0 Å². The summed E-state index contributed by atoms with van der Waals surface area (Å²) < 4.78 is 0. The Morgan fingerprint density at radius 1 is 0.365 bits per heavy atom. The number of rotatable bonds is 8. The minimum Gasteiger partial charge on any atom is -0.311 e. The summed E-state index contributed by atoms with van der Waals surface area (Å²) in [5.74, 6) is 0. The van der Waals surface area contributed by atoms with Gasteiger partial charge in [0.25, 0.3) is 0 Å². The average molecular weight is 687 g/mol. The van der Waals surface area contributed by atoms with Gasteiger partial charge in [-0.2, -0.15) is 0 Å². The Morgan fingerprint density at radius 3 is 1.50 bits per heavy atom. The maximum Gasteiger partial charge on any atom is 0.101 e. The lowest BCUT2D eigenvalue weighted by Gasteiger charge is -2.26. The number of hydrogen-bond donors (Lipinski definition) is 0. The van der Waals surface area contributed by atoms with Gasteiger partial charge in [0, 0.05) is 38.7 Å². The molecule has 0 atom stereocenters. The fourth-order valence-electron chi connectivity index (χ4n) is 7.66. The van der Waals surface area contributed by atoms with Crippen LogP contribution in [0.4, 0.5) is 33.4 Å². The molecule has 0 saturated carbocycles. The standard InChI is InChI=1S/C49H38N2S/c1-49(2)45-21-13-12-20-43(45)44-34-42(30-31-46(44)49)51(41-26-22-36(23-27-41)35-14-6-3-7-15-35)48-33-32-47(52-48)37-24-28-40(29-25-37)50(38-16-8-4-9-17-38)39-18-10-5-11-19-39/h3-34H,1-2H3. The summed E-state index contributed by atoms with van der Waals surface area (Å²) in [6.07, 6.45) is 0. The maximum absolute atomic E-state index is 2.41. The lowest BCUT2D eigenvalue weighted by Crippen LogP contribution is -2.15. The third-order valence-electron chi connectivity index (χ3n) is 10.3. The molecule has 0 saturated heterocycles. The first-order chi connectivity index (χ1) is 25.5. The van der Waals surface area contributed by atoms with Gasteiger partial charge in [-0.1, -0.05) is 135 Å². The minimum absolute atomic E-state index is 0.0362. The molecule has 0 spiro atoms. The van der Waals surface area contributed by atoms with Crippen LogP contribution in [0, 0.1) is 0 Å². The van der Waals surface area contributed by atoms with Gasteiger partial charge in [-0.3, -0.25) is 0 Å². The molecule has 0 aliphatic heterocycles. The monoisotopic (exact) mass is 686 g/mol. The summed E-state index contributed by atoms with van der Waals surface area (Å²) in [5.41, 5.74) is 14.7. The van der Waals surface area contributed by atoms with Crippen LogP contribution in [0.2, 0.25) is 0 Å². The SMILES string of the molecule is CC1(C)c2ccccc2-c2cc(N(c3ccc(-c4ccccc4)cc3)c3ccc(-c4ccc(N(c5ccccc5)c5ccccc5)cc4)s3)ccc21. The van der Waals surface area contributed by atoms with Crippen molar-refractivity contribution in [2.45, 2.75) is 19.3 Å². The molecule has 2 nitrogen and oxygen atoms in total. The molecule has 1 aromatic heterocycles. The van der Waals surface area contributed by atoms with E-state index in [9.17, 15) is 0 Å². The molecule has 0 unspecified atom stereocenters. The lowest BCUT2D eigenvalue weighted by molar-refractivity contribution is 0.660. The molecule has 8 aromatic rings. The van der Waals surface area contributed by atoms with Gasteiger partial charge in [0.1, 0.15) is 5.00 Å². The van der Waals surface area contributed by atoms with Crippen LogP contribution in [0.3, 0.4) is 0 Å². The smallest absolute Gasteiger partial charge is 0.101 e. The second-order valence-electron chi connectivity index (χ2n) is 13.8. The van der Waals surface area contributed by atoms with Gasteiger partial charge < -0.3 is 9.80 Å². The first kappa shape index (κ1) is 31.8. The van der Waals surface area contributed by atoms with Crippen molar-refractivity contribution in [2.75, 3.05) is 9.80 Å². The predicted octanol–water partition coefficient (Wildman–Crippen LogP) is 14.3. The normalized spacial score (nSPS) is 12.6. The largest absolute Gasteiger partial charge is 0.311 e. The lowest BCUT2D eigenvalue weighted by atomic mass is 9.82. The van der Waals surface area contributed by atoms with E-state index < -0.39 is 0 Å². The first-order valence-electron chi connectivity index (χ1n) is 17.9. The second-order valence-corrected chi connectivity index (χ2v) is 14.9. The van der Waals surface area contributed by atoms with Crippen molar-refractivity contribution in [2.24, 2.45) is 0 Å². The highest BCUT2D eigenvalue weighted by molar-refractivity contribution is 7.19. The number of benzene rings is 7. The summed E-state index contributed by atoms with van der Waals surface area (Å²) >= 11 is 1.82. The number of thiophene rings is 1. The Balaban J connectivity index is 1.10. The van der Waals surface area contributed by atoms with Gasteiger partial charge in [-0.05, 0) is 112 Å². The minimum atomic E-state index is -0.0362. The van der Waals surface area contributed by atoms with E-state index in [1.54, 1.807) is 0 Å². The molecule has 0 radical (unpaired) electrons. The number of fused-ring (bicyclic) bond motifs is 3. The Hall–Kier alpha value is -6.16. The number of anilines is 6. The number of hydrogen-bond acceptors (Lipinski definition) is 3. The van der Waals surface area contributed by atoms with Crippen molar-refractivity contribution in [3.8, 4) is 32.7 Å². The van der Waals surface area contributed by atoms with E-state index in [-0.39, 0.29) is 5.41 Å². The summed E-state index contributed by atoms with van der Waals surface area (Å²) in [4.78, 5) is 5.95. The maximum atomic E-state index is 2.41. The third kappa shape index (κ3) is 5.70. The number of nitrogens with zero attached hydrogens (tertiary/aromatic N) is 2. The Kier molecular flexibility index (Phi) is 8.06. The molecule has 9 rings (SSSR count). The fraction of sp³-hybridized carbons (Fsp3) is 0.0612. The molecule has 1 heterocycles. The van der Waals surface area contributed by atoms with Crippen molar-refractivity contribution in [3.63, 3.8) is 0 Å². The van der Waals surface area contributed by atoms with E-state index in [2.05, 4.69) is 218 Å². The van der Waals surface area contributed by atoms with Crippen LogP contribution < -0.4 is 9.80 Å². The van der Waals surface area contributed by atoms with E-state index >= 15 is 0 Å². The molecule has 0 fully saturated rings. The Bertz CT molecular complexity index is 2430. The second kappa shape index (κ2) is 13.2. The topological polar surface area (TPSA) is 6.48 Å². The molecular formula is C49H38N2S. The van der Waals surface area contributed by atoms with Crippen molar-refractivity contribution >= 4 is 44.8 Å². The highest BCUT2D eigenvalue weighted by Crippen LogP contribution is 2.51. The van der Waals surface area contributed by atoms with E-state index in [0.29, 0.717) is 0 Å². The molecule has 250 valence electrons. The molecule has 0 amide bonds. The third-order valence-corrected chi connectivity index (χ3v) is 11.4. The highest BCUT2D eigenvalue weighted by Gasteiger charge is 2.35. The van der Waals surface area contributed by atoms with Crippen LogP contribution in [-0.4, -0.2) is 0 Å². The van der Waals surface area contributed by atoms with Crippen LogP contribution in [0.25, 0.3) is 32.7 Å². The van der Waals surface area contributed by atoms with Gasteiger partial charge in [-0.15, -0.1) is 11.3 Å². The molecule has 0 bridgehead atoms. The van der Waals surface area contributed by atoms with Crippen molar-refractivity contribution in [3.05, 3.63) is 205 Å². The van der Waals surface area contributed by atoms with Crippen molar-refractivity contribution in [1.82, 2.24) is 0 Å². The van der Waals surface area contributed by atoms with E-state index in [1.807, 2.05) is 11.3 Å². The van der Waals surface area contributed by atoms with Gasteiger partial charge in [0.2, 0.25) is 0 Å². The summed E-state index contributed by atoms with van der Waals surface area (Å²) in [7, 11) is 0. The van der Waals surface area contributed by atoms with Crippen LogP contribution in [0.5, 0.6) is 0 Å². The average Bonchev–Trinajstić information content (AvgIpc) is 3.77. The molecule has 0 N–H and O–H groups in total. The quantitative estimate of drug-likeness (QED) is 0.157. The molecule has 1 aliphatic carbocycles. The summed E-state index contributed by atoms with van der Waals surface area (Å²) in [6.45, 7) is 4.68. The number of para-hydroxylation sites is 2. The first-order valence-corrected chi connectivity index (χ1v) is 18.7. The zero-order chi connectivity index (χ0) is 35.1. The molecule has 1 aliphatic rings. The zero-order valence-electron chi connectivity index (χ0n) is 29.3. The van der Waals surface area contributed by atoms with Gasteiger partial charge in [0.05, 0.1) is 0 Å². The van der Waals surface area contributed by atoms with Crippen LogP contribution in [0.15, 0.2) is 194 Å². The van der Waals surface area contributed by atoms with E-state index in [0.717, 1.165) is 28.4 Å². The molecule has 3 heteroatoms. The summed E-state index contributed by atoms with van der Waals surface area (Å²) in [5, 5.41) is 1.17. The fourth-order valence-corrected chi connectivity index (χ4v) is 8.72. The van der Waals surface area contributed by atoms with Crippen LogP contribution in [0.1, 0.15) is 25.0 Å². The van der Waals surface area contributed by atoms with Crippen molar-refractivity contribution < 1.29 is 0 Å². The predicted molar refractivity (Wildman–Crippen MR) is 222 cm³/mol.